The lowest BCUT2D eigenvalue weighted by Crippen LogP contribution is -2.43. The van der Waals surface area contributed by atoms with Gasteiger partial charge in [0.15, 0.2) is 0 Å². The third kappa shape index (κ3) is 5.48. The first kappa shape index (κ1) is 13.5. The van der Waals surface area contributed by atoms with Crippen LogP contribution in [-0.4, -0.2) is 37.1 Å². The van der Waals surface area contributed by atoms with E-state index in [0.29, 0.717) is 12.5 Å². The molecule has 3 heteroatoms. The molecule has 1 atom stereocenters. The molecule has 0 spiro atoms. The number of nitrogens with zero attached hydrogens (tertiary/aromatic N) is 2. The molecule has 92 valence electrons. The molecule has 1 rings (SSSR count). The number of rotatable bonds is 7. The highest BCUT2D eigenvalue weighted by Gasteiger charge is 2.15. The Bertz CT molecular complexity index is 204. The molecule has 0 aromatic heterocycles. The molecule has 0 aromatic carbocycles. The van der Waals surface area contributed by atoms with Crippen molar-refractivity contribution in [2.45, 2.75) is 51.5 Å². The molecule has 1 fully saturated rings. The van der Waals surface area contributed by atoms with Crippen LogP contribution in [0.3, 0.4) is 0 Å². The van der Waals surface area contributed by atoms with Crippen molar-refractivity contribution in [1.29, 1.82) is 5.26 Å². The van der Waals surface area contributed by atoms with Crippen molar-refractivity contribution in [2.24, 2.45) is 0 Å². The minimum absolute atomic E-state index is 0.663. The van der Waals surface area contributed by atoms with E-state index in [-0.39, 0.29) is 0 Å². The highest BCUT2D eigenvalue weighted by molar-refractivity contribution is 4.73. The predicted molar refractivity (Wildman–Crippen MR) is 67.2 cm³/mol. The van der Waals surface area contributed by atoms with Crippen molar-refractivity contribution in [2.75, 3.05) is 26.2 Å². The maximum absolute atomic E-state index is 8.40. The number of hydrogen-bond donors (Lipinski definition) is 1. The van der Waals surface area contributed by atoms with Crippen LogP contribution < -0.4 is 5.32 Å². The van der Waals surface area contributed by atoms with Gasteiger partial charge in [0.2, 0.25) is 0 Å². The second kappa shape index (κ2) is 8.55. The van der Waals surface area contributed by atoms with Crippen molar-refractivity contribution in [3.05, 3.63) is 0 Å². The minimum atomic E-state index is 0.663. The van der Waals surface area contributed by atoms with Crippen LogP contribution in [-0.2, 0) is 0 Å². The average Bonchev–Trinajstić information content (AvgIpc) is 2.34. The molecule has 0 bridgehead atoms. The molecule has 0 aliphatic carbocycles. The highest BCUT2D eigenvalue weighted by atomic mass is 15.2. The summed E-state index contributed by atoms with van der Waals surface area (Å²) >= 11 is 0. The summed E-state index contributed by atoms with van der Waals surface area (Å²) in [5, 5.41) is 11.9. The lowest BCUT2D eigenvalue weighted by Gasteiger charge is -2.32. The molecule has 1 unspecified atom stereocenters. The van der Waals surface area contributed by atoms with E-state index < -0.39 is 0 Å². The third-order valence-corrected chi connectivity index (χ3v) is 3.35. The monoisotopic (exact) mass is 223 g/mol. The van der Waals surface area contributed by atoms with E-state index in [2.05, 4.69) is 23.2 Å². The molecule has 1 aliphatic heterocycles. The van der Waals surface area contributed by atoms with E-state index in [9.17, 15) is 0 Å². The van der Waals surface area contributed by atoms with Gasteiger partial charge in [-0.1, -0.05) is 6.42 Å². The zero-order chi connectivity index (χ0) is 11.6. The lowest BCUT2D eigenvalue weighted by molar-refractivity contribution is 0.171. The molecule has 3 nitrogen and oxygen atoms in total. The maximum atomic E-state index is 8.40. The number of nitriles is 1. The first-order valence-corrected chi connectivity index (χ1v) is 6.66. The van der Waals surface area contributed by atoms with Gasteiger partial charge in [-0.25, -0.2) is 0 Å². The van der Waals surface area contributed by atoms with Crippen LogP contribution in [0.1, 0.15) is 45.4 Å². The van der Waals surface area contributed by atoms with Crippen molar-refractivity contribution in [3.8, 4) is 6.07 Å². The SMILES string of the molecule is CC(CNCCCCC#N)N1CCCCC1. The van der Waals surface area contributed by atoms with Crippen LogP contribution in [0.4, 0.5) is 0 Å². The summed E-state index contributed by atoms with van der Waals surface area (Å²) in [6, 6.07) is 2.85. The van der Waals surface area contributed by atoms with Crippen LogP contribution in [0, 0.1) is 11.3 Å². The zero-order valence-electron chi connectivity index (χ0n) is 10.5. The molecule has 16 heavy (non-hydrogen) atoms. The summed E-state index contributed by atoms with van der Waals surface area (Å²) in [7, 11) is 0. The van der Waals surface area contributed by atoms with Crippen molar-refractivity contribution in [3.63, 3.8) is 0 Å². The van der Waals surface area contributed by atoms with E-state index in [1.165, 1.54) is 32.4 Å². The summed E-state index contributed by atoms with van der Waals surface area (Å²) in [6.07, 6.45) is 7.00. The van der Waals surface area contributed by atoms with Gasteiger partial charge in [0, 0.05) is 19.0 Å². The fourth-order valence-electron chi connectivity index (χ4n) is 2.25. The van der Waals surface area contributed by atoms with Crippen molar-refractivity contribution >= 4 is 0 Å². The summed E-state index contributed by atoms with van der Waals surface area (Å²) in [5.74, 6) is 0. The van der Waals surface area contributed by atoms with Gasteiger partial charge in [-0.05, 0) is 52.2 Å². The number of likely N-dealkylation sites (tertiary alicyclic amines) is 1. The molecule has 0 amide bonds. The minimum Gasteiger partial charge on any atom is -0.315 e. The number of piperidine rings is 1. The second-order valence-corrected chi connectivity index (χ2v) is 4.76. The standard InChI is InChI=1S/C13H25N3/c1-13(16-10-6-3-7-11-16)12-15-9-5-2-4-8-14/h13,15H,2-7,9-12H2,1H3. The van der Waals surface area contributed by atoms with Crippen LogP contribution >= 0.6 is 0 Å². The summed E-state index contributed by atoms with van der Waals surface area (Å²) < 4.78 is 0. The van der Waals surface area contributed by atoms with Gasteiger partial charge in [0.25, 0.3) is 0 Å². The molecular formula is C13H25N3. The highest BCUT2D eigenvalue weighted by Crippen LogP contribution is 2.11. The fraction of sp³-hybridized carbons (Fsp3) is 0.923. The Hall–Kier alpha value is -0.590. The maximum Gasteiger partial charge on any atom is 0.0621 e. The van der Waals surface area contributed by atoms with E-state index in [1.807, 2.05) is 0 Å². The Morgan fingerprint density at radius 2 is 2.00 bits per heavy atom. The first-order chi connectivity index (χ1) is 7.84. The van der Waals surface area contributed by atoms with Gasteiger partial charge in [0.05, 0.1) is 6.07 Å². The van der Waals surface area contributed by atoms with E-state index >= 15 is 0 Å². The largest absolute Gasteiger partial charge is 0.315 e. The van der Waals surface area contributed by atoms with Crippen molar-refractivity contribution < 1.29 is 0 Å². The van der Waals surface area contributed by atoms with Gasteiger partial charge < -0.3 is 5.32 Å². The Balaban J connectivity index is 1.97. The topological polar surface area (TPSA) is 39.1 Å². The normalized spacial score (nSPS) is 19.2. The Labute approximate surface area is 99.8 Å². The molecule has 0 saturated carbocycles. The van der Waals surface area contributed by atoms with Crippen molar-refractivity contribution in [1.82, 2.24) is 10.2 Å². The fourth-order valence-corrected chi connectivity index (χ4v) is 2.25. The lowest BCUT2D eigenvalue weighted by atomic mass is 10.1. The van der Waals surface area contributed by atoms with Crippen LogP contribution in [0.25, 0.3) is 0 Å². The van der Waals surface area contributed by atoms with Gasteiger partial charge in [-0.2, -0.15) is 5.26 Å². The molecule has 1 N–H and O–H groups in total. The smallest absolute Gasteiger partial charge is 0.0621 e. The molecule has 0 aromatic rings. The van der Waals surface area contributed by atoms with E-state index in [4.69, 9.17) is 5.26 Å². The summed E-state index contributed by atoms with van der Waals surface area (Å²) in [4.78, 5) is 2.59. The van der Waals surface area contributed by atoms with Gasteiger partial charge in [-0.15, -0.1) is 0 Å². The quantitative estimate of drug-likeness (QED) is 0.672. The van der Waals surface area contributed by atoms with Crippen LogP contribution in [0.2, 0.25) is 0 Å². The molecule has 1 heterocycles. The summed E-state index contributed by atoms with van der Waals surface area (Å²) in [5.41, 5.74) is 0. The number of nitrogens with one attached hydrogen (secondary N) is 1. The molecule has 0 radical (unpaired) electrons. The first-order valence-electron chi connectivity index (χ1n) is 6.66. The molecular weight excluding hydrogens is 198 g/mol. The Kier molecular flexibility index (Phi) is 7.20. The van der Waals surface area contributed by atoms with E-state index in [1.54, 1.807) is 0 Å². The predicted octanol–water partition coefficient (Wildman–Crippen LogP) is 2.14. The van der Waals surface area contributed by atoms with Crippen LogP contribution in [0.5, 0.6) is 0 Å². The molecule has 1 aliphatic rings. The zero-order valence-corrected chi connectivity index (χ0v) is 10.5. The van der Waals surface area contributed by atoms with Gasteiger partial charge in [0.1, 0.15) is 0 Å². The van der Waals surface area contributed by atoms with E-state index in [0.717, 1.165) is 25.9 Å². The molecule has 1 saturated heterocycles. The second-order valence-electron chi connectivity index (χ2n) is 4.76. The van der Waals surface area contributed by atoms with Gasteiger partial charge >= 0.3 is 0 Å². The Morgan fingerprint density at radius 3 is 2.69 bits per heavy atom. The number of unbranched alkanes of at least 4 members (excludes halogenated alkanes) is 2. The average molecular weight is 223 g/mol. The summed E-state index contributed by atoms with van der Waals surface area (Å²) in [6.45, 7) is 7.01. The van der Waals surface area contributed by atoms with Crippen LogP contribution in [0.15, 0.2) is 0 Å². The Morgan fingerprint density at radius 1 is 1.25 bits per heavy atom. The third-order valence-electron chi connectivity index (χ3n) is 3.35. The number of hydrogen-bond acceptors (Lipinski definition) is 3. The van der Waals surface area contributed by atoms with Gasteiger partial charge in [-0.3, -0.25) is 4.90 Å².